The Morgan fingerprint density at radius 1 is 0.739 bits per heavy atom. The molecule has 0 aliphatic carbocycles. The lowest BCUT2D eigenvalue weighted by molar-refractivity contribution is 0.120. The van der Waals surface area contributed by atoms with Gasteiger partial charge >= 0.3 is 15.2 Å². The van der Waals surface area contributed by atoms with Crippen LogP contribution in [0, 0.1) is 0 Å². The summed E-state index contributed by atoms with van der Waals surface area (Å²) in [5, 5.41) is 6.44. The first-order chi connectivity index (χ1) is 10.4. The summed E-state index contributed by atoms with van der Waals surface area (Å²) >= 11 is 0. The van der Waals surface area contributed by atoms with E-state index < -0.39 is 26.7 Å². The molecule has 0 aliphatic rings. The number of aliphatic hydroxyl groups is 1. The summed E-state index contributed by atoms with van der Waals surface area (Å²) in [5.74, 6) is 0. The van der Waals surface area contributed by atoms with Crippen molar-refractivity contribution in [3.05, 3.63) is 0 Å². The minimum atomic E-state index is -5.30. The molecule has 0 atom stereocenters. The van der Waals surface area contributed by atoms with Gasteiger partial charge < -0.3 is 29.6 Å². The lowest BCUT2D eigenvalue weighted by Crippen LogP contribution is -2.28. The van der Waals surface area contributed by atoms with Gasteiger partial charge in [-0.15, -0.1) is 0 Å². The highest BCUT2D eigenvalue weighted by Gasteiger charge is 2.58. The molecule has 0 fully saturated rings. The highest BCUT2D eigenvalue weighted by atomic mass is 31.2. The molecule has 0 aromatic rings. The predicted octanol–water partition coefficient (Wildman–Crippen LogP) is 2.06. The third-order valence-electron chi connectivity index (χ3n) is 3.80. The SMILES string of the molecule is CN(C)CCCCCCCCCCC(O)(P(=O)(O)O)P(=O)(O)O. The molecule has 0 aliphatic heterocycles. The van der Waals surface area contributed by atoms with Crippen LogP contribution in [0.5, 0.6) is 0 Å². The Balaban J connectivity index is 3.90. The second kappa shape index (κ2) is 10.3. The summed E-state index contributed by atoms with van der Waals surface area (Å²) in [7, 11) is -6.53. The van der Waals surface area contributed by atoms with Crippen LogP contribution in [0.3, 0.4) is 0 Å². The number of hydrogen-bond acceptors (Lipinski definition) is 4. The molecule has 23 heavy (non-hydrogen) atoms. The van der Waals surface area contributed by atoms with Crippen LogP contribution >= 0.6 is 15.2 Å². The van der Waals surface area contributed by atoms with E-state index >= 15 is 0 Å². The summed E-state index contributed by atoms with van der Waals surface area (Å²) in [6.07, 6.45) is 6.41. The van der Waals surface area contributed by atoms with Gasteiger partial charge in [0.2, 0.25) is 0 Å². The maximum Gasteiger partial charge on any atom is 0.369 e. The molecule has 0 saturated carbocycles. The van der Waals surface area contributed by atoms with Gasteiger partial charge in [0, 0.05) is 0 Å². The van der Waals surface area contributed by atoms with Crippen molar-refractivity contribution in [3.63, 3.8) is 0 Å². The zero-order valence-corrected chi connectivity index (χ0v) is 15.8. The van der Waals surface area contributed by atoms with E-state index in [1.807, 2.05) is 14.1 Å². The van der Waals surface area contributed by atoms with Gasteiger partial charge in [0.05, 0.1) is 0 Å². The van der Waals surface area contributed by atoms with Gasteiger partial charge in [-0.05, 0) is 39.9 Å². The Bertz CT molecular complexity index is 397. The molecule has 0 spiro atoms. The normalized spacial score (nSPS) is 13.7. The lowest BCUT2D eigenvalue weighted by Gasteiger charge is -2.29. The quantitative estimate of drug-likeness (QED) is 0.244. The fraction of sp³-hybridized carbons (Fsp3) is 1.00. The lowest BCUT2D eigenvalue weighted by atomic mass is 10.1. The third kappa shape index (κ3) is 8.75. The molecule has 0 amide bonds. The topological polar surface area (TPSA) is 139 Å². The molecule has 8 nitrogen and oxygen atoms in total. The highest BCUT2D eigenvalue weighted by molar-refractivity contribution is 7.72. The molecular formula is C13H31NO7P2. The molecule has 0 aromatic heterocycles. The molecule has 0 radical (unpaired) electrons. The molecule has 0 bridgehead atoms. The maximum atomic E-state index is 11.2. The van der Waals surface area contributed by atoms with Gasteiger partial charge in [0.1, 0.15) is 0 Å². The fourth-order valence-electron chi connectivity index (χ4n) is 2.31. The van der Waals surface area contributed by atoms with E-state index in [1.54, 1.807) is 0 Å². The van der Waals surface area contributed by atoms with Crippen LogP contribution in [-0.4, -0.2) is 55.3 Å². The molecule has 10 heteroatoms. The molecule has 5 N–H and O–H groups in total. The van der Waals surface area contributed by atoms with Crippen LogP contribution in [0.1, 0.15) is 57.8 Å². The van der Waals surface area contributed by atoms with Crippen LogP contribution in [0.2, 0.25) is 0 Å². The van der Waals surface area contributed by atoms with Crippen molar-refractivity contribution in [1.29, 1.82) is 0 Å². The van der Waals surface area contributed by atoms with Crippen molar-refractivity contribution >= 4 is 15.2 Å². The Morgan fingerprint density at radius 2 is 1.09 bits per heavy atom. The summed E-state index contributed by atoms with van der Waals surface area (Å²) in [6.45, 7) is 1.07. The molecule has 0 unspecified atom stereocenters. The first kappa shape index (κ1) is 23.2. The third-order valence-corrected chi connectivity index (χ3v) is 7.68. The molecule has 140 valence electrons. The number of rotatable bonds is 13. The van der Waals surface area contributed by atoms with Crippen LogP contribution in [-0.2, 0) is 9.13 Å². The van der Waals surface area contributed by atoms with Gasteiger partial charge in [-0.2, -0.15) is 0 Å². The van der Waals surface area contributed by atoms with Crippen LogP contribution in [0.15, 0.2) is 0 Å². The second-order valence-corrected chi connectivity index (χ2v) is 10.3. The van der Waals surface area contributed by atoms with E-state index in [-0.39, 0.29) is 6.42 Å². The van der Waals surface area contributed by atoms with E-state index in [0.717, 1.165) is 45.1 Å². The van der Waals surface area contributed by atoms with Gasteiger partial charge in [-0.3, -0.25) is 9.13 Å². The van der Waals surface area contributed by atoms with E-state index in [9.17, 15) is 14.2 Å². The van der Waals surface area contributed by atoms with E-state index in [0.29, 0.717) is 6.42 Å². The Morgan fingerprint density at radius 3 is 1.43 bits per heavy atom. The van der Waals surface area contributed by atoms with Crippen LogP contribution in [0.4, 0.5) is 0 Å². The number of unbranched alkanes of at least 4 members (excludes halogenated alkanes) is 7. The van der Waals surface area contributed by atoms with E-state index in [1.165, 1.54) is 0 Å². The van der Waals surface area contributed by atoms with E-state index in [4.69, 9.17) is 19.6 Å². The van der Waals surface area contributed by atoms with Crippen LogP contribution < -0.4 is 0 Å². The summed E-state index contributed by atoms with van der Waals surface area (Å²) in [6, 6.07) is 0. The summed E-state index contributed by atoms with van der Waals surface area (Å²) < 4.78 is 22.3. The molecule has 0 rings (SSSR count). The van der Waals surface area contributed by atoms with Gasteiger partial charge in [-0.25, -0.2) is 0 Å². The largest absolute Gasteiger partial charge is 0.369 e. The molecule has 0 saturated heterocycles. The van der Waals surface area contributed by atoms with E-state index in [2.05, 4.69) is 4.90 Å². The highest BCUT2D eigenvalue weighted by Crippen LogP contribution is 2.69. The zero-order chi connectivity index (χ0) is 18.1. The monoisotopic (exact) mass is 375 g/mol. The summed E-state index contributed by atoms with van der Waals surface area (Å²) in [5.41, 5.74) is 0. The van der Waals surface area contributed by atoms with Crippen molar-refractivity contribution in [2.75, 3.05) is 20.6 Å². The predicted molar refractivity (Wildman–Crippen MR) is 89.1 cm³/mol. The van der Waals surface area contributed by atoms with Gasteiger partial charge in [0.15, 0.2) is 0 Å². The van der Waals surface area contributed by atoms with Gasteiger partial charge in [0.25, 0.3) is 5.08 Å². The van der Waals surface area contributed by atoms with Crippen LogP contribution in [0.25, 0.3) is 0 Å². The molecular weight excluding hydrogens is 344 g/mol. The van der Waals surface area contributed by atoms with Gasteiger partial charge in [-0.1, -0.05) is 38.5 Å². The van der Waals surface area contributed by atoms with Crippen molar-refractivity contribution in [1.82, 2.24) is 4.90 Å². The number of hydrogen-bond donors (Lipinski definition) is 5. The minimum absolute atomic E-state index is 0.160. The average molecular weight is 375 g/mol. The second-order valence-electron chi connectivity index (χ2n) is 6.24. The first-order valence-corrected chi connectivity index (χ1v) is 11.1. The smallest absolute Gasteiger partial charge is 0.368 e. The summed E-state index contributed by atoms with van der Waals surface area (Å²) in [4.78, 5) is 38.1. The standard InChI is InChI=1S/C13H31NO7P2/c1-14(2)12-10-8-6-4-3-5-7-9-11-13(15,22(16,17)18)23(19,20)21/h15H,3-12H2,1-2H3,(H2,16,17,18)(H2,19,20,21). The Hall–Kier alpha value is 0.220. The Kier molecular flexibility index (Phi) is 10.4. The van der Waals surface area contributed by atoms with Crippen molar-refractivity contribution < 1.29 is 33.8 Å². The average Bonchev–Trinajstić information content (AvgIpc) is 2.37. The molecule has 0 aromatic carbocycles. The Labute approximate surface area is 138 Å². The number of nitrogens with zero attached hydrogens (tertiary/aromatic N) is 1. The first-order valence-electron chi connectivity index (χ1n) is 7.90. The maximum absolute atomic E-state index is 11.2. The minimum Gasteiger partial charge on any atom is -0.368 e. The fourth-order valence-corrected chi connectivity index (χ4v) is 4.57. The van der Waals surface area contributed by atoms with Crippen molar-refractivity contribution in [3.8, 4) is 0 Å². The molecule has 0 heterocycles. The van der Waals surface area contributed by atoms with Crippen molar-refractivity contribution in [2.45, 2.75) is 62.9 Å². The van der Waals surface area contributed by atoms with Crippen molar-refractivity contribution in [2.24, 2.45) is 0 Å². The zero-order valence-electron chi connectivity index (χ0n) is 14.0.